The second kappa shape index (κ2) is 7.84. The van der Waals surface area contributed by atoms with Crippen molar-refractivity contribution in [1.29, 1.82) is 0 Å². The van der Waals surface area contributed by atoms with E-state index in [1.165, 1.54) is 12.1 Å². The van der Waals surface area contributed by atoms with E-state index >= 15 is 0 Å². The Balaban J connectivity index is 0.00000169. The Morgan fingerprint density at radius 3 is 2.36 bits per heavy atom. The second-order valence-corrected chi connectivity index (χ2v) is 3.98. The van der Waals surface area contributed by atoms with Gasteiger partial charge in [0.2, 0.25) is 0 Å². The van der Waals surface area contributed by atoms with Gasteiger partial charge in [-0.1, -0.05) is 15.9 Å². The summed E-state index contributed by atoms with van der Waals surface area (Å²) in [5.41, 5.74) is 0. The molecule has 1 aromatic carbocycles. The summed E-state index contributed by atoms with van der Waals surface area (Å²) < 4.78 is 26.2. The molecule has 0 heterocycles. The van der Waals surface area contributed by atoms with Gasteiger partial charge in [-0.3, -0.25) is 4.21 Å². The third kappa shape index (κ3) is 4.91. The maximum Gasteiger partial charge on any atom is 1.00 e. The van der Waals surface area contributed by atoms with E-state index in [0.717, 1.165) is 5.33 Å². The Morgan fingerprint density at radius 1 is 1.36 bits per heavy atom. The normalized spacial score (nSPS) is 11.6. The van der Waals surface area contributed by atoms with Crippen LogP contribution in [0.1, 0.15) is 0 Å². The SMILES string of the molecule is O=S([O-])c1ccc(OCCBr)cc1.[Na+]. The van der Waals surface area contributed by atoms with E-state index in [0.29, 0.717) is 12.4 Å². The van der Waals surface area contributed by atoms with Gasteiger partial charge in [-0.25, -0.2) is 0 Å². The van der Waals surface area contributed by atoms with Crippen molar-refractivity contribution >= 4 is 27.0 Å². The van der Waals surface area contributed by atoms with Gasteiger partial charge in [-0.05, 0) is 35.3 Å². The van der Waals surface area contributed by atoms with Gasteiger partial charge >= 0.3 is 29.6 Å². The Hall–Kier alpha value is 0.610. The molecule has 0 saturated heterocycles. The zero-order chi connectivity index (χ0) is 9.68. The molecule has 72 valence electrons. The number of hydrogen-bond acceptors (Lipinski definition) is 3. The van der Waals surface area contributed by atoms with Crippen molar-refractivity contribution in [2.45, 2.75) is 4.90 Å². The van der Waals surface area contributed by atoms with Crippen molar-refractivity contribution in [1.82, 2.24) is 0 Å². The Morgan fingerprint density at radius 2 is 1.93 bits per heavy atom. The summed E-state index contributed by atoms with van der Waals surface area (Å²) in [7, 11) is 0. The molecule has 0 bridgehead atoms. The third-order valence-corrected chi connectivity index (χ3v) is 2.34. The monoisotopic (exact) mass is 286 g/mol. The summed E-state index contributed by atoms with van der Waals surface area (Å²) in [4.78, 5) is 0.270. The maximum atomic E-state index is 10.5. The van der Waals surface area contributed by atoms with Crippen molar-refractivity contribution in [3.05, 3.63) is 24.3 Å². The van der Waals surface area contributed by atoms with E-state index < -0.39 is 11.1 Å². The molecule has 0 N–H and O–H groups in total. The van der Waals surface area contributed by atoms with E-state index in [9.17, 15) is 8.76 Å². The molecule has 0 aliphatic carbocycles. The van der Waals surface area contributed by atoms with Gasteiger partial charge in [-0.2, -0.15) is 0 Å². The fourth-order valence-electron chi connectivity index (χ4n) is 0.803. The maximum absolute atomic E-state index is 10.5. The Labute approximate surface area is 116 Å². The topological polar surface area (TPSA) is 49.4 Å². The van der Waals surface area contributed by atoms with Gasteiger partial charge in [0.15, 0.2) is 0 Å². The van der Waals surface area contributed by atoms with Crippen LogP contribution in [0.15, 0.2) is 29.2 Å². The van der Waals surface area contributed by atoms with Crippen LogP contribution in [0.25, 0.3) is 0 Å². The van der Waals surface area contributed by atoms with Gasteiger partial charge in [-0.15, -0.1) is 0 Å². The van der Waals surface area contributed by atoms with Crippen molar-refractivity contribution in [2.75, 3.05) is 11.9 Å². The Kier molecular flexibility index (Phi) is 8.19. The van der Waals surface area contributed by atoms with Gasteiger partial charge < -0.3 is 9.29 Å². The van der Waals surface area contributed by atoms with E-state index in [1.807, 2.05) is 0 Å². The number of halogens is 1. The molecule has 0 aliphatic heterocycles. The summed E-state index contributed by atoms with van der Waals surface area (Å²) in [5.74, 6) is 0.675. The van der Waals surface area contributed by atoms with Crippen molar-refractivity contribution in [2.24, 2.45) is 0 Å². The summed E-state index contributed by atoms with van der Waals surface area (Å²) >= 11 is 1.06. The number of rotatable bonds is 4. The molecular formula is C8H8BrNaO3S. The van der Waals surface area contributed by atoms with E-state index in [2.05, 4.69) is 15.9 Å². The fourth-order valence-corrected chi connectivity index (χ4v) is 1.32. The molecule has 0 fully saturated rings. The van der Waals surface area contributed by atoms with Crippen LogP contribution >= 0.6 is 15.9 Å². The number of hydrogen-bond donors (Lipinski definition) is 0. The van der Waals surface area contributed by atoms with E-state index in [1.54, 1.807) is 12.1 Å². The minimum absolute atomic E-state index is 0. The minimum atomic E-state index is -2.16. The van der Waals surface area contributed by atoms with Crippen LogP contribution in [0.3, 0.4) is 0 Å². The van der Waals surface area contributed by atoms with Crippen LogP contribution in [0.4, 0.5) is 0 Å². The van der Waals surface area contributed by atoms with Crippen LogP contribution in [-0.4, -0.2) is 20.7 Å². The quantitative estimate of drug-likeness (QED) is 0.393. The molecule has 0 saturated carbocycles. The number of ether oxygens (including phenoxy) is 1. The van der Waals surface area contributed by atoms with Crippen LogP contribution in [0.5, 0.6) is 5.75 Å². The molecule has 1 rings (SSSR count). The second-order valence-electron chi connectivity index (χ2n) is 2.24. The zero-order valence-electron chi connectivity index (χ0n) is 7.73. The van der Waals surface area contributed by atoms with Crippen molar-refractivity contribution in [3.63, 3.8) is 0 Å². The largest absolute Gasteiger partial charge is 1.00 e. The first-order valence-corrected chi connectivity index (χ1v) is 5.82. The minimum Gasteiger partial charge on any atom is -0.768 e. The zero-order valence-corrected chi connectivity index (χ0v) is 12.1. The van der Waals surface area contributed by atoms with Crippen LogP contribution in [-0.2, 0) is 11.1 Å². The molecule has 6 heteroatoms. The van der Waals surface area contributed by atoms with Crippen LogP contribution in [0.2, 0.25) is 0 Å². The van der Waals surface area contributed by atoms with Gasteiger partial charge in [0.1, 0.15) is 5.75 Å². The van der Waals surface area contributed by atoms with Gasteiger partial charge in [0, 0.05) is 10.2 Å². The van der Waals surface area contributed by atoms with Gasteiger partial charge in [0.05, 0.1) is 6.61 Å². The first-order valence-electron chi connectivity index (χ1n) is 3.62. The summed E-state index contributed by atoms with van der Waals surface area (Å²) in [6.45, 7) is 0.569. The van der Waals surface area contributed by atoms with Crippen molar-refractivity contribution < 1.29 is 43.1 Å². The third-order valence-electron chi connectivity index (χ3n) is 1.36. The summed E-state index contributed by atoms with van der Waals surface area (Å²) in [6, 6.07) is 6.28. The molecule has 1 aromatic rings. The molecule has 0 amide bonds. The molecule has 0 aliphatic rings. The average Bonchev–Trinajstić information content (AvgIpc) is 2.15. The molecule has 1 atom stereocenters. The predicted molar refractivity (Wildman–Crippen MR) is 52.9 cm³/mol. The first-order chi connectivity index (χ1) is 6.24. The van der Waals surface area contributed by atoms with Crippen LogP contribution < -0.4 is 34.3 Å². The number of alkyl halides is 1. The fraction of sp³-hybridized carbons (Fsp3) is 0.250. The standard InChI is InChI=1S/C8H9BrO3S.Na/c9-5-6-12-7-1-3-8(4-2-7)13(10)11;/h1-4H,5-6H2,(H,10,11);/q;+1/p-1. The molecule has 1 unspecified atom stereocenters. The molecular weight excluding hydrogens is 279 g/mol. The average molecular weight is 287 g/mol. The first kappa shape index (κ1) is 14.6. The Bertz CT molecular complexity index is 291. The summed E-state index contributed by atoms with van der Waals surface area (Å²) in [5, 5.41) is 0.752. The van der Waals surface area contributed by atoms with E-state index in [-0.39, 0.29) is 34.5 Å². The predicted octanol–water partition coefficient (Wildman–Crippen LogP) is -1.30. The number of benzene rings is 1. The van der Waals surface area contributed by atoms with E-state index in [4.69, 9.17) is 4.74 Å². The van der Waals surface area contributed by atoms with Crippen molar-refractivity contribution in [3.8, 4) is 5.75 Å². The molecule has 3 nitrogen and oxygen atoms in total. The van der Waals surface area contributed by atoms with Crippen LogP contribution in [0, 0.1) is 0 Å². The molecule has 14 heavy (non-hydrogen) atoms. The molecule has 0 spiro atoms. The molecule has 0 radical (unpaired) electrons. The van der Waals surface area contributed by atoms with Gasteiger partial charge in [0.25, 0.3) is 0 Å². The molecule has 0 aromatic heterocycles. The smallest absolute Gasteiger partial charge is 0.768 e. The summed E-state index contributed by atoms with van der Waals surface area (Å²) in [6.07, 6.45) is 0.